The molecule has 11 heteroatoms. The number of ether oxygens (including phenoxy) is 2. The van der Waals surface area contributed by atoms with Gasteiger partial charge >= 0.3 is 0 Å². The minimum atomic E-state index is -0.589. The van der Waals surface area contributed by atoms with Gasteiger partial charge in [0.2, 0.25) is 0 Å². The summed E-state index contributed by atoms with van der Waals surface area (Å²) < 4.78 is 51.1. The summed E-state index contributed by atoms with van der Waals surface area (Å²) in [6.45, 7) is 10.9. The van der Waals surface area contributed by atoms with E-state index < -0.39 is 11.6 Å². The first-order chi connectivity index (χ1) is 24.3. The fourth-order valence-corrected chi connectivity index (χ4v) is 5.34. The maximum absolute atomic E-state index is 13.6. The molecule has 0 bridgehead atoms. The number of hydrogen-bond acceptors (Lipinski definition) is 6. The van der Waals surface area contributed by atoms with Crippen LogP contribution in [0.5, 0.6) is 0 Å². The molecule has 2 aromatic carbocycles. The minimum Gasteiger partial charge on any atom is -0.372 e. The third-order valence-electron chi connectivity index (χ3n) is 7.84. The number of amides is 2. The predicted octanol–water partition coefficient (Wildman–Crippen LogP) is 5.88. The number of morpholine rings is 2. The Morgan fingerprint density at radius 1 is 0.647 bits per heavy atom. The van der Waals surface area contributed by atoms with E-state index in [2.05, 4.69) is 33.6 Å². The molecule has 2 saturated heterocycles. The Morgan fingerprint density at radius 2 is 1.16 bits per heavy atom. The topological polar surface area (TPSA) is 84.9 Å². The van der Waals surface area contributed by atoms with Gasteiger partial charge in [-0.25, -0.2) is 23.1 Å². The van der Waals surface area contributed by atoms with Gasteiger partial charge < -0.3 is 19.3 Å². The maximum Gasteiger partial charge on any atom is 0.272 e. The first kappa shape index (κ1) is 36.8. The fraction of sp³-hybridized carbons (Fsp3) is 0.300. The van der Waals surface area contributed by atoms with Gasteiger partial charge in [0.15, 0.2) is 0 Å². The van der Waals surface area contributed by atoms with Crippen LogP contribution in [0.3, 0.4) is 0 Å². The van der Waals surface area contributed by atoms with E-state index in [4.69, 9.17) is 9.47 Å². The molecular formula is C40H37F3N4O4. The zero-order valence-electron chi connectivity index (χ0n) is 28.8. The van der Waals surface area contributed by atoms with Crippen LogP contribution in [0.4, 0.5) is 13.2 Å². The number of halogens is 3. The number of nitrogens with zero attached hydrogens (tertiary/aromatic N) is 4. The molecule has 4 heterocycles. The van der Waals surface area contributed by atoms with Crippen LogP contribution in [0.15, 0.2) is 79.1 Å². The summed E-state index contributed by atoms with van der Waals surface area (Å²) in [5.74, 6) is 9.36. The van der Waals surface area contributed by atoms with E-state index in [9.17, 15) is 22.8 Å². The molecule has 0 unspecified atom stereocenters. The molecule has 2 aliphatic heterocycles. The first-order valence-electron chi connectivity index (χ1n) is 16.3. The van der Waals surface area contributed by atoms with Crippen molar-refractivity contribution in [3.8, 4) is 23.7 Å². The molecule has 0 spiro atoms. The maximum atomic E-state index is 13.6. The molecular weight excluding hydrogens is 657 g/mol. The van der Waals surface area contributed by atoms with Gasteiger partial charge in [-0.15, -0.1) is 0 Å². The molecule has 51 heavy (non-hydrogen) atoms. The molecule has 2 amide bonds. The fourth-order valence-electron chi connectivity index (χ4n) is 5.34. The summed E-state index contributed by atoms with van der Waals surface area (Å²) in [4.78, 5) is 36.9. The Kier molecular flexibility index (Phi) is 11.6. The Hall–Kier alpha value is -5.49. The smallest absolute Gasteiger partial charge is 0.272 e. The molecule has 4 aromatic rings. The first-order valence-corrected chi connectivity index (χ1v) is 16.3. The summed E-state index contributed by atoms with van der Waals surface area (Å²) in [6, 6.07) is 15.8. The summed E-state index contributed by atoms with van der Waals surface area (Å²) in [6.07, 6.45) is 3.01. The van der Waals surface area contributed by atoms with Crippen molar-refractivity contribution in [3.05, 3.63) is 130 Å². The van der Waals surface area contributed by atoms with Crippen LogP contribution in [0, 0.1) is 41.1 Å². The van der Waals surface area contributed by atoms with Gasteiger partial charge in [0.1, 0.15) is 28.8 Å². The second-order valence-electron chi connectivity index (χ2n) is 13.2. The van der Waals surface area contributed by atoms with E-state index in [-0.39, 0.29) is 34.4 Å². The summed E-state index contributed by atoms with van der Waals surface area (Å²) >= 11 is 0. The predicted molar refractivity (Wildman–Crippen MR) is 185 cm³/mol. The van der Waals surface area contributed by atoms with Crippen LogP contribution in [0.25, 0.3) is 0 Å². The Labute approximate surface area is 295 Å². The summed E-state index contributed by atoms with van der Waals surface area (Å²) in [5.41, 5.74) is 1.71. The molecule has 0 radical (unpaired) electrons. The number of carbonyl (C=O) groups is 2. The van der Waals surface area contributed by atoms with Gasteiger partial charge in [0.05, 0.1) is 30.0 Å². The monoisotopic (exact) mass is 694 g/mol. The highest BCUT2D eigenvalue weighted by atomic mass is 19.1. The highest BCUT2D eigenvalue weighted by Gasteiger charge is 2.32. The lowest BCUT2D eigenvalue weighted by Crippen LogP contribution is -2.50. The lowest BCUT2D eigenvalue weighted by molar-refractivity contribution is -0.0765. The van der Waals surface area contributed by atoms with E-state index in [1.165, 1.54) is 18.3 Å². The highest BCUT2D eigenvalue weighted by Crippen LogP contribution is 2.19. The molecule has 0 N–H and O–H groups in total. The van der Waals surface area contributed by atoms with E-state index >= 15 is 0 Å². The van der Waals surface area contributed by atoms with Gasteiger partial charge in [0.25, 0.3) is 11.8 Å². The van der Waals surface area contributed by atoms with E-state index in [1.54, 1.807) is 52.4 Å². The molecule has 262 valence electrons. The Bertz CT molecular complexity index is 2010. The van der Waals surface area contributed by atoms with Crippen molar-refractivity contribution in [1.29, 1.82) is 0 Å². The van der Waals surface area contributed by atoms with Crippen molar-refractivity contribution in [2.45, 2.75) is 38.9 Å². The summed E-state index contributed by atoms with van der Waals surface area (Å²) in [5, 5.41) is 0. The van der Waals surface area contributed by atoms with Gasteiger partial charge in [0, 0.05) is 55.3 Å². The Morgan fingerprint density at radius 3 is 1.65 bits per heavy atom. The van der Waals surface area contributed by atoms with Crippen molar-refractivity contribution < 1.29 is 32.2 Å². The van der Waals surface area contributed by atoms with Crippen LogP contribution >= 0.6 is 0 Å². The highest BCUT2D eigenvalue weighted by molar-refractivity contribution is 5.93. The molecule has 2 aliphatic rings. The van der Waals surface area contributed by atoms with Crippen molar-refractivity contribution in [2.75, 3.05) is 39.4 Å². The normalized spacial score (nSPS) is 16.0. The van der Waals surface area contributed by atoms with Crippen LogP contribution in [0.2, 0.25) is 0 Å². The average Bonchev–Trinajstić information content (AvgIpc) is 3.10. The number of aromatic nitrogens is 2. The van der Waals surface area contributed by atoms with Gasteiger partial charge in [-0.1, -0.05) is 29.7 Å². The van der Waals surface area contributed by atoms with Crippen LogP contribution < -0.4 is 0 Å². The SMILES string of the molecule is CC1(C)CN(C(=O)c2ccc(C#Cc3cc(F)ccc3F)cn2)CCO1.CC1(C)CN(C(=O)c2ccc(C#Cc3cccc(F)c3)cn2)CCO1. The van der Waals surface area contributed by atoms with Crippen molar-refractivity contribution in [3.63, 3.8) is 0 Å². The van der Waals surface area contributed by atoms with Crippen LogP contribution in [-0.2, 0) is 9.47 Å². The number of rotatable bonds is 2. The number of carbonyl (C=O) groups excluding carboxylic acids is 2. The standard InChI is InChI=1S/C20H18F2N2O2.C20H19FN2O2/c1-20(2)13-24(9-10-26-20)19(25)18-8-4-14(12-23-18)3-5-15-11-16(21)6-7-17(15)22;1-20(2)14-23(10-11-25-20)19(24)18-9-8-16(13-22-18)7-6-15-4-3-5-17(21)12-15/h4,6-8,11-12H,9-10,13H2,1-2H3;3-5,8-9,12-13H,10-11,14H2,1-2H3. The second kappa shape index (κ2) is 16.0. The third-order valence-corrected chi connectivity index (χ3v) is 7.84. The quantitative estimate of drug-likeness (QED) is 0.244. The molecule has 8 nitrogen and oxygen atoms in total. The van der Waals surface area contributed by atoms with E-state index in [0.29, 0.717) is 67.5 Å². The van der Waals surface area contributed by atoms with Gasteiger partial charge in [-0.2, -0.15) is 0 Å². The van der Waals surface area contributed by atoms with Gasteiger partial charge in [-0.3, -0.25) is 9.59 Å². The number of pyridine rings is 2. The van der Waals surface area contributed by atoms with E-state index in [1.807, 2.05) is 27.7 Å². The van der Waals surface area contributed by atoms with Gasteiger partial charge in [-0.05, 0) is 88.4 Å². The molecule has 0 saturated carbocycles. The van der Waals surface area contributed by atoms with Crippen molar-refractivity contribution in [2.24, 2.45) is 0 Å². The lowest BCUT2D eigenvalue weighted by Gasteiger charge is -2.37. The zero-order chi connectivity index (χ0) is 36.6. The molecule has 2 aromatic heterocycles. The largest absolute Gasteiger partial charge is 0.372 e. The number of benzene rings is 2. The molecule has 0 aliphatic carbocycles. The van der Waals surface area contributed by atoms with Crippen molar-refractivity contribution in [1.82, 2.24) is 19.8 Å². The molecule has 0 atom stereocenters. The second-order valence-corrected chi connectivity index (χ2v) is 13.2. The Balaban J connectivity index is 0.000000198. The lowest BCUT2D eigenvalue weighted by atomic mass is 10.1. The average molecular weight is 695 g/mol. The summed E-state index contributed by atoms with van der Waals surface area (Å²) in [7, 11) is 0. The number of hydrogen-bond donors (Lipinski definition) is 0. The molecule has 6 rings (SSSR count). The molecule has 2 fully saturated rings. The van der Waals surface area contributed by atoms with E-state index in [0.717, 1.165) is 18.2 Å². The van der Waals surface area contributed by atoms with Crippen LogP contribution in [0.1, 0.15) is 70.9 Å². The third kappa shape index (κ3) is 10.5. The van der Waals surface area contributed by atoms with Crippen LogP contribution in [-0.4, -0.2) is 82.2 Å². The zero-order valence-corrected chi connectivity index (χ0v) is 28.8. The van der Waals surface area contributed by atoms with Crippen molar-refractivity contribution >= 4 is 11.8 Å². The minimum absolute atomic E-state index is 0.0271.